The van der Waals surface area contributed by atoms with Gasteiger partial charge in [0.05, 0.1) is 24.9 Å². The second-order valence-electron chi connectivity index (χ2n) is 8.42. The standard InChI is InChI=1S/C27H32FN3O/c1-4-5-6-26(25-9-8-24(28)17-20(25)2)22-7-10-27-23(18-22)19-29-31(27)12-11-21(3)30-13-15-32-16-14-30/h6-10,17-19H,3-5,11-16H2,1-2H3/b26-6-. The maximum absolute atomic E-state index is 13.7. The van der Waals surface area contributed by atoms with E-state index in [1.54, 1.807) is 12.1 Å². The molecule has 0 unspecified atom stereocenters. The van der Waals surface area contributed by atoms with Crippen LogP contribution in [0.5, 0.6) is 0 Å². The van der Waals surface area contributed by atoms with Crippen molar-refractivity contribution in [3.8, 4) is 0 Å². The number of halogens is 1. The van der Waals surface area contributed by atoms with E-state index in [9.17, 15) is 4.39 Å². The number of hydrogen-bond acceptors (Lipinski definition) is 3. The third-order valence-corrected chi connectivity index (χ3v) is 6.14. The van der Waals surface area contributed by atoms with E-state index in [2.05, 4.69) is 52.5 Å². The number of fused-ring (bicyclic) bond motifs is 1. The molecule has 1 aliphatic rings. The van der Waals surface area contributed by atoms with Crippen LogP contribution in [0.4, 0.5) is 4.39 Å². The van der Waals surface area contributed by atoms with Crippen molar-refractivity contribution < 1.29 is 9.13 Å². The van der Waals surface area contributed by atoms with Crippen molar-refractivity contribution in [1.29, 1.82) is 0 Å². The van der Waals surface area contributed by atoms with Crippen molar-refractivity contribution in [2.24, 2.45) is 0 Å². The zero-order valence-electron chi connectivity index (χ0n) is 19.1. The summed E-state index contributed by atoms with van der Waals surface area (Å²) in [7, 11) is 0. The smallest absolute Gasteiger partial charge is 0.123 e. The Bertz CT molecular complexity index is 1130. The Kier molecular flexibility index (Phi) is 7.05. The van der Waals surface area contributed by atoms with E-state index < -0.39 is 0 Å². The van der Waals surface area contributed by atoms with Crippen LogP contribution in [0.25, 0.3) is 16.5 Å². The van der Waals surface area contributed by atoms with E-state index in [1.807, 2.05) is 19.2 Å². The van der Waals surface area contributed by atoms with Gasteiger partial charge in [-0.15, -0.1) is 0 Å². The molecule has 1 fully saturated rings. The predicted octanol–water partition coefficient (Wildman–Crippen LogP) is 5.95. The number of morpholine rings is 1. The summed E-state index contributed by atoms with van der Waals surface area (Å²) in [5.41, 5.74) is 6.58. The highest BCUT2D eigenvalue weighted by Gasteiger charge is 2.14. The minimum absolute atomic E-state index is 0.198. The number of rotatable bonds is 8. The third kappa shape index (κ3) is 4.94. The van der Waals surface area contributed by atoms with Crippen molar-refractivity contribution in [3.05, 3.63) is 83.5 Å². The van der Waals surface area contributed by atoms with Gasteiger partial charge in [-0.25, -0.2) is 4.39 Å². The summed E-state index contributed by atoms with van der Waals surface area (Å²) in [6.45, 7) is 12.6. The predicted molar refractivity (Wildman–Crippen MR) is 129 cm³/mol. The van der Waals surface area contributed by atoms with Crippen molar-refractivity contribution in [1.82, 2.24) is 14.7 Å². The third-order valence-electron chi connectivity index (χ3n) is 6.14. The van der Waals surface area contributed by atoms with Gasteiger partial charge in [-0.2, -0.15) is 5.10 Å². The quantitative estimate of drug-likeness (QED) is 0.440. The van der Waals surface area contributed by atoms with Gasteiger partial charge < -0.3 is 9.64 Å². The second-order valence-corrected chi connectivity index (χ2v) is 8.42. The molecule has 0 saturated carbocycles. The van der Waals surface area contributed by atoms with Crippen molar-refractivity contribution in [2.45, 2.75) is 39.7 Å². The fourth-order valence-corrected chi connectivity index (χ4v) is 4.31. The molecule has 4 rings (SSSR count). The van der Waals surface area contributed by atoms with Crippen LogP contribution >= 0.6 is 0 Å². The molecule has 2 heterocycles. The number of hydrogen-bond donors (Lipinski definition) is 0. The van der Waals surface area contributed by atoms with E-state index in [1.165, 1.54) is 0 Å². The molecule has 0 bridgehead atoms. The highest BCUT2D eigenvalue weighted by atomic mass is 19.1. The molecule has 0 spiro atoms. The number of benzene rings is 2. The minimum atomic E-state index is -0.198. The van der Waals surface area contributed by atoms with E-state index in [0.717, 1.165) is 91.0 Å². The lowest BCUT2D eigenvalue weighted by Gasteiger charge is -2.30. The van der Waals surface area contributed by atoms with Crippen molar-refractivity contribution in [2.75, 3.05) is 26.3 Å². The molecule has 3 aromatic rings. The van der Waals surface area contributed by atoms with Crippen LogP contribution in [0.1, 0.15) is 42.9 Å². The zero-order chi connectivity index (χ0) is 22.5. The summed E-state index contributed by atoms with van der Waals surface area (Å²) < 4.78 is 21.2. The lowest BCUT2D eigenvalue weighted by molar-refractivity contribution is 0.0520. The monoisotopic (exact) mass is 433 g/mol. The van der Waals surface area contributed by atoms with Crippen LogP contribution in [0.3, 0.4) is 0 Å². The minimum Gasteiger partial charge on any atom is -0.378 e. The first-order valence-corrected chi connectivity index (χ1v) is 11.5. The SMILES string of the molecule is C=C(CCn1ncc2cc(/C(=C/CCC)c3ccc(F)cc3C)ccc21)N1CCOCC1. The van der Waals surface area contributed by atoms with Crippen LogP contribution in [0.2, 0.25) is 0 Å². The molecule has 0 atom stereocenters. The van der Waals surface area contributed by atoms with Crippen molar-refractivity contribution in [3.63, 3.8) is 0 Å². The number of ether oxygens (including phenoxy) is 1. The average Bonchev–Trinajstić information content (AvgIpc) is 3.21. The van der Waals surface area contributed by atoms with Gasteiger partial charge in [-0.05, 0) is 59.9 Å². The molecular weight excluding hydrogens is 401 g/mol. The highest BCUT2D eigenvalue weighted by molar-refractivity contribution is 5.88. The Morgan fingerprint density at radius 1 is 1.19 bits per heavy atom. The number of unbranched alkanes of at least 4 members (excludes halogenated alkanes) is 1. The topological polar surface area (TPSA) is 30.3 Å². The molecule has 1 aliphatic heterocycles. The van der Waals surface area contributed by atoms with E-state index in [-0.39, 0.29) is 5.82 Å². The van der Waals surface area contributed by atoms with E-state index >= 15 is 0 Å². The first-order chi connectivity index (χ1) is 15.6. The molecule has 5 heteroatoms. The first kappa shape index (κ1) is 22.3. The van der Waals surface area contributed by atoms with Gasteiger partial charge >= 0.3 is 0 Å². The molecule has 0 amide bonds. The summed E-state index contributed by atoms with van der Waals surface area (Å²) in [6.07, 6.45) is 7.11. The molecule has 0 radical (unpaired) electrons. The molecular formula is C27H32FN3O. The zero-order valence-corrected chi connectivity index (χ0v) is 19.1. The summed E-state index contributed by atoms with van der Waals surface area (Å²) >= 11 is 0. The molecule has 32 heavy (non-hydrogen) atoms. The highest BCUT2D eigenvalue weighted by Crippen LogP contribution is 2.30. The van der Waals surface area contributed by atoms with Crippen LogP contribution in [-0.2, 0) is 11.3 Å². The van der Waals surface area contributed by atoms with Gasteiger partial charge in [-0.1, -0.05) is 38.1 Å². The molecule has 1 saturated heterocycles. The molecule has 4 nitrogen and oxygen atoms in total. The van der Waals surface area contributed by atoms with Crippen LogP contribution in [0, 0.1) is 12.7 Å². The van der Waals surface area contributed by atoms with E-state index in [4.69, 9.17) is 4.74 Å². The lowest BCUT2D eigenvalue weighted by Crippen LogP contribution is -2.35. The second kappa shape index (κ2) is 10.1. The van der Waals surface area contributed by atoms with Gasteiger partial charge in [-0.3, -0.25) is 4.68 Å². The Morgan fingerprint density at radius 3 is 2.75 bits per heavy atom. The molecule has 0 N–H and O–H groups in total. The van der Waals surface area contributed by atoms with E-state index in [0.29, 0.717) is 0 Å². The van der Waals surface area contributed by atoms with Gasteiger partial charge in [0.1, 0.15) is 5.82 Å². The average molecular weight is 434 g/mol. The Hall–Kier alpha value is -2.92. The Balaban J connectivity index is 1.57. The van der Waals surface area contributed by atoms with Gasteiger partial charge in [0.25, 0.3) is 0 Å². The fraction of sp³-hybridized carbons (Fsp3) is 0.370. The Labute approximate surface area is 190 Å². The lowest BCUT2D eigenvalue weighted by atomic mass is 9.92. The van der Waals surface area contributed by atoms with Gasteiger partial charge in [0, 0.05) is 37.1 Å². The van der Waals surface area contributed by atoms with Crippen molar-refractivity contribution >= 4 is 16.5 Å². The largest absolute Gasteiger partial charge is 0.378 e. The maximum atomic E-state index is 13.7. The molecule has 2 aromatic carbocycles. The van der Waals surface area contributed by atoms with Gasteiger partial charge in [0.15, 0.2) is 0 Å². The summed E-state index contributed by atoms with van der Waals surface area (Å²) in [5.74, 6) is -0.198. The number of aryl methyl sites for hydroxylation is 2. The Morgan fingerprint density at radius 2 is 2.00 bits per heavy atom. The van der Waals surface area contributed by atoms with Crippen LogP contribution < -0.4 is 0 Å². The summed E-state index contributed by atoms with van der Waals surface area (Å²) in [4.78, 5) is 2.31. The number of nitrogens with zero attached hydrogens (tertiary/aromatic N) is 3. The number of aromatic nitrogens is 2. The van der Waals surface area contributed by atoms with Crippen LogP contribution in [-0.4, -0.2) is 41.0 Å². The maximum Gasteiger partial charge on any atom is 0.123 e. The fourth-order valence-electron chi connectivity index (χ4n) is 4.31. The normalized spacial score (nSPS) is 14.8. The molecule has 0 aliphatic carbocycles. The summed E-state index contributed by atoms with van der Waals surface area (Å²) in [5, 5.41) is 5.75. The van der Waals surface area contributed by atoms with Crippen LogP contribution in [0.15, 0.2) is 60.9 Å². The molecule has 1 aromatic heterocycles. The summed E-state index contributed by atoms with van der Waals surface area (Å²) in [6, 6.07) is 11.5. The van der Waals surface area contributed by atoms with Gasteiger partial charge in [0.2, 0.25) is 0 Å². The first-order valence-electron chi connectivity index (χ1n) is 11.5. The molecule has 168 valence electrons. The number of allylic oxidation sites excluding steroid dienone is 2.